The second kappa shape index (κ2) is 13.6. The Hall–Kier alpha value is -0.830. The van der Waals surface area contributed by atoms with Crippen molar-refractivity contribution >= 4 is 5.97 Å². The van der Waals surface area contributed by atoms with Crippen LogP contribution in [0.2, 0.25) is 0 Å². The van der Waals surface area contributed by atoms with Crippen molar-refractivity contribution in [1.29, 1.82) is 0 Å². The second-order valence-corrected chi connectivity index (χ2v) is 5.04. The maximum absolute atomic E-state index is 11.1. The molecule has 112 valence electrons. The Bertz CT molecular complexity index is 229. The molecule has 0 aliphatic rings. The van der Waals surface area contributed by atoms with Gasteiger partial charge in [-0.05, 0) is 19.4 Å². The molecule has 1 N–H and O–H groups in total. The summed E-state index contributed by atoms with van der Waals surface area (Å²) in [5, 5.41) is 3.51. The summed E-state index contributed by atoms with van der Waals surface area (Å²) in [4.78, 5) is 11.1. The van der Waals surface area contributed by atoms with Gasteiger partial charge in [0.2, 0.25) is 0 Å². The van der Waals surface area contributed by atoms with Crippen LogP contribution in [0.3, 0.4) is 0 Å². The molecule has 0 aromatic carbocycles. The summed E-state index contributed by atoms with van der Waals surface area (Å²) >= 11 is 0. The largest absolute Gasteiger partial charge is 0.461 e. The molecule has 0 fully saturated rings. The lowest BCUT2D eigenvalue weighted by atomic mass is 10.1. The molecule has 0 aromatic heterocycles. The molecular weight excluding hydrogens is 238 g/mol. The Labute approximate surface area is 118 Å². The standard InChI is InChI=1S/C16H31NO2/c1-4-7-9-11-13-17-15(12-10-8-5-2)14-19-16(18)6-3/h6,15,17H,3-5,7-14H2,1-2H3. The minimum absolute atomic E-state index is 0.289. The van der Waals surface area contributed by atoms with Gasteiger partial charge in [-0.1, -0.05) is 59.0 Å². The fourth-order valence-corrected chi connectivity index (χ4v) is 1.98. The van der Waals surface area contributed by atoms with Crippen LogP contribution in [0.1, 0.15) is 65.2 Å². The van der Waals surface area contributed by atoms with Crippen LogP contribution >= 0.6 is 0 Å². The van der Waals surface area contributed by atoms with E-state index < -0.39 is 0 Å². The van der Waals surface area contributed by atoms with E-state index in [2.05, 4.69) is 25.7 Å². The molecule has 1 atom stereocenters. The number of ether oxygens (including phenoxy) is 1. The van der Waals surface area contributed by atoms with Gasteiger partial charge < -0.3 is 10.1 Å². The van der Waals surface area contributed by atoms with Gasteiger partial charge in [-0.2, -0.15) is 0 Å². The number of unbranched alkanes of at least 4 members (excludes halogenated alkanes) is 5. The van der Waals surface area contributed by atoms with Crippen molar-refractivity contribution in [3.05, 3.63) is 12.7 Å². The van der Waals surface area contributed by atoms with Gasteiger partial charge in [-0.25, -0.2) is 4.79 Å². The molecule has 0 amide bonds. The van der Waals surface area contributed by atoms with Gasteiger partial charge in [-0.15, -0.1) is 0 Å². The van der Waals surface area contributed by atoms with Crippen LogP contribution in [-0.2, 0) is 9.53 Å². The van der Waals surface area contributed by atoms with Crippen LogP contribution in [0, 0.1) is 0 Å². The van der Waals surface area contributed by atoms with E-state index in [0.717, 1.165) is 13.0 Å². The van der Waals surface area contributed by atoms with Crippen LogP contribution in [-0.4, -0.2) is 25.2 Å². The highest BCUT2D eigenvalue weighted by Crippen LogP contribution is 2.05. The summed E-state index contributed by atoms with van der Waals surface area (Å²) in [6.45, 7) is 9.31. The highest BCUT2D eigenvalue weighted by Gasteiger charge is 2.09. The Morgan fingerprint density at radius 1 is 1.16 bits per heavy atom. The quantitative estimate of drug-likeness (QED) is 0.314. The average molecular weight is 269 g/mol. The molecule has 0 aliphatic carbocycles. The fraction of sp³-hybridized carbons (Fsp3) is 0.812. The van der Waals surface area contributed by atoms with Crippen LogP contribution in [0.4, 0.5) is 0 Å². The molecule has 3 heteroatoms. The van der Waals surface area contributed by atoms with Crippen molar-refractivity contribution in [3.63, 3.8) is 0 Å². The Balaban J connectivity index is 3.81. The van der Waals surface area contributed by atoms with E-state index in [9.17, 15) is 4.79 Å². The minimum atomic E-state index is -0.326. The molecule has 0 bridgehead atoms. The smallest absolute Gasteiger partial charge is 0.330 e. The van der Waals surface area contributed by atoms with E-state index in [1.807, 2.05) is 0 Å². The first-order valence-electron chi connectivity index (χ1n) is 7.77. The Morgan fingerprint density at radius 3 is 2.47 bits per heavy atom. The van der Waals surface area contributed by atoms with Crippen LogP contribution in [0.15, 0.2) is 12.7 Å². The second-order valence-electron chi connectivity index (χ2n) is 5.04. The first-order valence-corrected chi connectivity index (χ1v) is 7.77. The van der Waals surface area contributed by atoms with Crippen molar-refractivity contribution in [2.24, 2.45) is 0 Å². The maximum Gasteiger partial charge on any atom is 0.330 e. The lowest BCUT2D eigenvalue weighted by Crippen LogP contribution is -2.35. The first kappa shape index (κ1) is 18.2. The number of carbonyl (C=O) groups is 1. The zero-order valence-corrected chi connectivity index (χ0v) is 12.7. The van der Waals surface area contributed by atoms with Gasteiger partial charge in [0.1, 0.15) is 6.61 Å². The molecule has 1 unspecified atom stereocenters. The molecule has 0 rings (SSSR count). The Kier molecular flexibility index (Phi) is 13.0. The third kappa shape index (κ3) is 12.0. The van der Waals surface area contributed by atoms with E-state index >= 15 is 0 Å². The molecule has 0 saturated heterocycles. The first-order chi connectivity index (χ1) is 9.24. The lowest BCUT2D eigenvalue weighted by Gasteiger charge is -2.18. The van der Waals surface area contributed by atoms with Gasteiger partial charge in [-0.3, -0.25) is 0 Å². The molecule has 0 spiro atoms. The maximum atomic E-state index is 11.1. The van der Waals surface area contributed by atoms with Crippen LogP contribution in [0.25, 0.3) is 0 Å². The predicted octanol–water partition coefficient (Wildman–Crippen LogP) is 3.83. The molecule has 0 heterocycles. The van der Waals surface area contributed by atoms with Crippen LogP contribution < -0.4 is 5.32 Å². The number of esters is 1. The fourth-order valence-electron chi connectivity index (χ4n) is 1.98. The summed E-state index contributed by atoms with van der Waals surface area (Å²) in [6, 6.07) is 0.289. The number of hydrogen-bond acceptors (Lipinski definition) is 3. The minimum Gasteiger partial charge on any atom is -0.461 e. The van der Waals surface area contributed by atoms with Crippen molar-refractivity contribution in [1.82, 2.24) is 5.32 Å². The molecule has 0 aliphatic heterocycles. The van der Waals surface area contributed by atoms with E-state index in [4.69, 9.17) is 4.74 Å². The number of rotatable bonds is 13. The number of carbonyl (C=O) groups excluding carboxylic acids is 1. The number of hydrogen-bond donors (Lipinski definition) is 1. The molecular formula is C16H31NO2. The van der Waals surface area contributed by atoms with Gasteiger partial charge in [0.05, 0.1) is 0 Å². The molecule has 0 saturated carbocycles. The van der Waals surface area contributed by atoms with Gasteiger partial charge in [0.15, 0.2) is 0 Å². The molecule has 19 heavy (non-hydrogen) atoms. The van der Waals surface area contributed by atoms with Crippen LogP contribution in [0.5, 0.6) is 0 Å². The summed E-state index contributed by atoms with van der Waals surface area (Å²) in [5.41, 5.74) is 0. The molecule has 0 aromatic rings. The average Bonchev–Trinajstić information content (AvgIpc) is 2.43. The summed E-state index contributed by atoms with van der Waals surface area (Å²) in [6.07, 6.45) is 11.0. The van der Waals surface area contributed by atoms with Crippen molar-refractivity contribution in [2.75, 3.05) is 13.2 Å². The van der Waals surface area contributed by atoms with E-state index in [1.54, 1.807) is 0 Å². The zero-order valence-electron chi connectivity index (χ0n) is 12.7. The van der Waals surface area contributed by atoms with E-state index in [0.29, 0.717) is 6.61 Å². The summed E-state index contributed by atoms with van der Waals surface area (Å²) < 4.78 is 5.14. The normalized spacial score (nSPS) is 12.1. The topological polar surface area (TPSA) is 38.3 Å². The third-order valence-corrected chi connectivity index (χ3v) is 3.21. The van der Waals surface area contributed by atoms with Crippen molar-refractivity contribution in [2.45, 2.75) is 71.3 Å². The monoisotopic (exact) mass is 269 g/mol. The Morgan fingerprint density at radius 2 is 1.84 bits per heavy atom. The highest BCUT2D eigenvalue weighted by atomic mass is 16.5. The summed E-state index contributed by atoms with van der Waals surface area (Å²) in [7, 11) is 0. The van der Waals surface area contributed by atoms with Crippen molar-refractivity contribution in [3.8, 4) is 0 Å². The predicted molar refractivity (Wildman–Crippen MR) is 81.2 cm³/mol. The zero-order chi connectivity index (χ0) is 14.3. The van der Waals surface area contributed by atoms with E-state index in [1.165, 1.54) is 51.0 Å². The molecule has 0 radical (unpaired) electrons. The van der Waals surface area contributed by atoms with Gasteiger partial charge >= 0.3 is 5.97 Å². The number of nitrogens with one attached hydrogen (secondary N) is 1. The third-order valence-electron chi connectivity index (χ3n) is 3.21. The summed E-state index contributed by atoms with van der Waals surface area (Å²) in [5.74, 6) is -0.326. The highest BCUT2D eigenvalue weighted by molar-refractivity contribution is 5.81. The van der Waals surface area contributed by atoms with Gasteiger partial charge in [0, 0.05) is 12.1 Å². The SMILES string of the molecule is C=CC(=O)OCC(CCCCC)NCCCCCC. The van der Waals surface area contributed by atoms with Gasteiger partial charge in [0.25, 0.3) is 0 Å². The van der Waals surface area contributed by atoms with E-state index in [-0.39, 0.29) is 12.0 Å². The van der Waals surface area contributed by atoms with Crippen molar-refractivity contribution < 1.29 is 9.53 Å². The lowest BCUT2D eigenvalue weighted by molar-refractivity contribution is -0.138. The molecule has 3 nitrogen and oxygen atoms in total.